The molecule has 1 aliphatic heterocycles. The number of hydrogen-bond acceptors (Lipinski definition) is 4. The molecule has 6 heteroatoms. The summed E-state index contributed by atoms with van der Waals surface area (Å²) >= 11 is 0. The monoisotopic (exact) mass is 447 g/mol. The molecule has 0 aromatic heterocycles. The number of imide groups is 1. The van der Waals surface area contributed by atoms with Crippen LogP contribution in [-0.2, 0) is 29.1 Å². The summed E-state index contributed by atoms with van der Waals surface area (Å²) in [6.07, 6.45) is 6.91. The SMILES string of the molecule is CCC(C(=O)NC=O)N1Cc2cc(CNC3CCCC(Cc4ccccc4)C3)ccc2C1=O. The normalized spacial score (nSPS) is 20.9. The van der Waals surface area contributed by atoms with Gasteiger partial charge in [-0.05, 0) is 54.4 Å². The predicted octanol–water partition coefficient (Wildman–Crippen LogP) is 3.58. The number of rotatable bonds is 9. The molecule has 3 amide bonds. The highest BCUT2D eigenvalue weighted by atomic mass is 16.2. The first-order valence-electron chi connectivity index (χ1n) is 12.0. The topological polar surface area (TPSA) is 78.5 Å². The van der Waals surface area contributed by atoms with E-state index in [1.165, 1.54) is 31.2 Å². The quantitative estimate of drug-likeness (QED) is 0.576. The van der Waals surface area contributed by atoms with E-state index in [1.807, 2.05) is 19.1 Å². The van der Waals surface area contributed by atoms with Crippen LogP contribution in [0.2, 0.25) is 0 Å². The Kier molecular flexibility index (Phi) is 7.55. The molecule has 1 fully saturated rings. The van der Waals surface area contributed by atoms with E-state index in [-0.39, 0.29) is 5.91 Å². The van der Waals surface area contributed by atoms with Gasteiger partial charge in [0.05, 0.1) is 0 Å². The Bertz CT molecular complexity index is 991. The van der Waals surface area contributed by atoms with Gasteiger partial charge in [0, 0.05) is 24.7 Å². The van der Waals surface area contributed by atoms with E-state index in [0.29, 0.717) is 36.9 Å². The zero-order valence-corrected chi connectivity index (χ0v) is 19.3. The minimum Gasteiger partial charge on any atom is -0.322 e. The van der Waals surface area contributed by atoms with Crippen LogP contribution in [0, 0.1) is 5.92 Å². The summed E-state index contributed by atoms with van der Waals surface area (Å²) in [7, 11) is 0. The highest BCUT2D eigenvalue weighted by molar-refractivity contribution is 6.02. The van der Waals surface area contributed by atoms with E-state index in [2.05, 4.69) is 47.0 Å². The van der Waals surface area contributed by atoms with Gasteiger partial charge in [0.1, 0.15) is 6.04 Å². The lowest BCUT2D eigenvalue weighted by Gasteiger charge is -2.30. The van der Waals surface area contributed by atoms with Gasteiger partial charge in [-0.3, -0.25) is 19.7 Å². The van der Waals surface area contributed by atoms with Crippen LogP contribution in [0.3, 0.4) is 0 Å². The van der Waals surface area contributed by atoms with Gasteiger partial charge in [-0.2, -0.15) is 0 Å². The largest absolute Gasteiger partial charge is 0.322 e. The Morgan fingerprint density at radius 1 is 1.15 bits per heavy atom. The highest BCUT2D eigenvalue weighted by Crippen LogP contribution is 2.29. The average molecular weight is 448 g/mol. The van der Waals surface area contributed by atoms with E-state index in [0.717, 1.165) is 24.1 Å². The Morgan fingerprint density at radius 2 is 1.97 bits per heavy atom. The van der Waals surface area contributed by atoms with Crippen LogP contribution in [0.25, 0.3) is 0 Å². The van der Waals surface area contributed by atoms with E-state index in [1.54, 1.807) is 4.90 Å². The van der Waals surface area contributed by atoms with Gasteiger partial charge in [0.15, 0.2) is 0 Å². The summed E-state index contributed by atoms with van der Waals surface area (Å²) in [4.78, 5) is 37.3. The van der Waals surface area contributed by atoms with Crippen LogP contribution < -0.4 is 10.6 Å². The van der Waals surface area contributed by atoms with Gasteiger partial charge >= 0.3 is 0 Å². The lowest BCUT2D eigenvalue weighted by molar-refractivity contribution is -0.129. The summed E-state index contributed by atoms with van der Waals surface area (Å²) in [5.74, 6) is 0.139. The first kappa shape index (κ1) is 23.2. The highest BCUT2D eigenvalue weighted by Gasteiger charge is 2.35. The van der Waals surface area contributed by atoms with Crippen LogP contribution >= 0.6 is 0 Å². The lowest BCUT2D eigenvalue weighted by atomic mass is 9.82. The second kappa shape index (κ2) is 10.8. The van der Waals surface area contributed by atoms with Gasteiger partial charge < -0.3 is 10.2 Å². The van der Waals surface area contributed by atoms with E-state index in [9.17, 15) is 14.4 Å². The first-order chi connectivity index (χ1) is 16.1. The summed E-state index contributed by atoms with van der Waals surface area (Å²) in [6, 6.07) is 16.6. The van der Waals surface area contributed by atoms with Crippen molar-refractivity contribution in [2.75, 3.05) is 0 Å². The van der Waals surface area contributed by atoms with Crippen molar-refractivity contribution in [1.29, 1.82) is 0 Å². The zero-order valence-electron chi connectivity index (χ0n) is 19.3. The number of hydrogen-bond donors (Lipinski definition) is 2. The second-order valence-electron chi connectivity index (χ2n) is 9.28. The molecule has 3 atom stereocenters. The Morgan fingerprint density at radius 3 is 2.73 bits per heavy atom. The van der Waals surface area contributed by atoms with Crippen molar-refractivity contribution >= 4 is 18.2 Å². The third-order valence-corrected chi connectivity index (χ3v) is 7.01. The van der Waals surface area contributed by atoms with E-state index < -0.39 is 11.9 Å². The predicted molar refractivity (Wildman–Crippen MR) is 127 cm³/mol. The molecule has 0 radical (unpaired) electrons. The van der Waals surface area contributed by atoms with Crippen LogP contribution in [0.4, 0.5) is 0 Å². The van der Waals surface area contributed by atoms with Crippen LogP contribution in [0.5, 0.6) is 0 Å². The van der Waals surface area contributed by atoms with Crippen molar-refractivity contribution < 1.29 is 14.4 Å². The lowest BCUT2D eigenvalue weighted by Crippen LogP contribution is -2.46. The molecule has 2 aromatic carbocycles. The number of benzene rings is 2. The van der Waals surface area contributed by atoms with Gasteiger partial charge in [-0.25, -0.2) is 0 Å². The minimum absolute atomic E-state index is 0.145. The summed E-state index contributed by atoms with van der Waals surface area (Å²) < 4.78 is 0. The van der Waals surface area contributed by atoms with Gasteiger partial charge in [-0.1, -0.05) is 62.2 Å². The Balaban J connectivity index is 1.34. The molecule has 1 heterocycles. The van der Waals surface area contributed by atoms with Crippen LogP contribution in [0.1, 0.15) is 66.1 Å². The summed E-state index contributed by atoms with van der Waals surface area (Å²) in [6.45, 7) is 3.01. The van der Waals surface area contributed by atoms with E-state index in [4.69, 9.17) is 0 Å². The van der Waals surface area contributed by atoms with Crippen LogP contribution in [-0.4, -0.2) is 35.2 Å². The molecule has 0 saturated heterocycles. The number of carbonyl (C=O) groups excluding carboxylic acids is 3. The van der Waals surface area contributed by atoms with Crippen molar-refractivity contribution in [3.05, 3.63) is 70.8 Å². The Hall–Kier alpha value is -2.99. The Labute approximate surface area is 195 Å². The number of carbonyl (C=O) groups is 3. The second-order valence-corrected chi connectivity index (χ2v) is 9.28. The number of nitrogens with zero attached hydrogens (tertiary/aromatic N) is 1. The van der Waals surface area contributed by atoms with Crippen molar-refractivity contribution in [3.63, 3.8) is 0 Å². The molecule has 2 aromatic rings. The van der Waals surface area contributed by atoms with Crippen molar-refractivity contribution in [1.82, 2.24) is 15.5 Å². The molecule has 0 spiro atoms. The third-order valence-electron chi connectivity index (χ3n) is 7.01. The molecule has 33 heavy (non-hydrogen) atoms. The summed E-state index contributed by atoms with van der Waals surface area (Å²) in [5, 5.41) is 5.92. The summed E-state index contributed by atoms with van der Waals surface area (Å²) in [5.41, 5.74) is 4.17. The minimum atomic E-state index is -0.638. The number of fused-ring (bicyclic) bond motifs is 1. The molecule has 1 saturated carbocycles. The first-order valence-corrected chi connectivity index (χ1v) is 12.0. The third kappa shape index (κ3) is 5.50. The maximum atomic E-state index is 12.9. The smallest absolute Gasteiger partial charge is 0.255 e. The number of amides is 3. The molecule has 2 aliphatic rings. The molecular formula is C27H33N3O3. The fourth-order valence-electron chi connectivity index (χ4n) is 5.33. The van der Waals surface area contributed by atoms with Crippen molar-refractivity contribution in [3.8, 4) is 0 Å². The fraction of sp³-hybridized carbons (Fsp3) is 0.444. The standard InChI is InChI=1S/C27H33N3O3/c1-2-25(26(32)29-18-31)30-17-22-14-21(11-12-24(22)27(30)33)16-28-23-10-6-9-20(15-23)13-19-7-4-3-5-8-19/h3-5,7-8,11-12,14,18,20,23,25,28H,2,6,9-10,13,15-17H2,1H3,(H,29,31,32). The van der Waals surface area contributed by atoms with Crippen LogP contribution in [0.15, 0.2) is 48.5 Å². The van der Waals surface area contributed by atoms with Gasteiger partial charge in [0.2, 0.25) is 12.3 Å². The van der Waals surface area contributed by atoms with Gasteiger partial charge in [0.25, 0.3) is 5.91 Å². The zero-order chi connectivity index (χ0) is 23.2. The molecule has 3 unspecified atom stereocenters. The molecule has 1 aliphatic carbocycles. The maximum absolute atomic E-state index is 12.9. The molecule has 6 nitrogen and oxygen atoms in total. The molecule has 2 N–H and O–H groups in total. The number of nitrogens with one attached hydrogen (secondary N) is 2. The fourth-order valence-corrected chi connectivity index (χ4v) is 5.33. The van der Waals surface area contributed by atoms with Gasteiger partial charge in [-0.15, -0.1) is 0 Å². The van der Waals surface area contributed by atoms with E-state index >= 15 is 0 Å². The molecule has 0 bridgehead atoms. The molecule has 174 valence electrons. The van der Waals surface area contributed by atoms with Crippen molar-refractivity contribution in [2.24, 2.45) is 5.92 Å². The molecular weight excluding hydrogens is 414 g/mol. The average Bonchev–Trinajstić information content (AvgIpc) is 3.15. The van der Waals surface area contributed by atoms with Crippen molar-refractivity contribution in [2.45, 2.75) is 70.6 Å². The molecule has 4 rings (SSSR count). The maximum Gasteiger partial charge on any atom is 0.255 e.